The fraction of sp³-hybridized carbons (Fsp3) is 0.184. The Morgan fingerprint density at radius 3 is 2.44 bits per heavy atom. The van der Waals surface area contributed by atoms with E-state index in [0.717, 1.165) is 22.4 Å². The summed E-state index contributed by atoms with van der Waals surface area (Å²) >= 11 is 0. The Morgan fingerprint density at radius 1 is 0.945 bits per heavy atom. The van der Waals surface area contributed by atoms with Crippen LogP contribution in [0, 0.1) is 0 Å². The molecule has 5 N–H and O–H groups in total. The fourth-order valence-electron chi connectivity index (χ4n) is 5.65. The van der Waals surface area contributed by atoms with Gasteiger partial charge in [-0.05, 0) is 66.1 Å². The highest BCUT2D eigenvalue weighted by Gasteiger charge is 2.29. The van der Waals surface area contributed by atoms with E-state index in [1.54, 1.807) is 48.1 Å². The first-order chi connectivity index (χ1) is 26.6. The van der Waals surface area contributed by atoms with Crippen LogP contribution in [-0.2, 0) is 29.3 Å². The van der Waals surface area contributed by atoms with Crippen LogP contribution in [-0.4, -0.2) is 84.0 Å². The normalized spacial score (nSPS) is 13.3. The number of aliphatic imine (C=N–C) groups is 1. The molecule has 0 fully saturated rings. The lowest BCUT2D eigenvalue weighted by Gasteiger charge is -2.15. The molecule has 17 nitrogen and oxygen atoms in total. The van der Waals surface area contributed by atoms with Gasteiger partial charge in [0.1, 0.15) is 35.9 Å². The molecule has 7 rings (SSSR count). The number of aromatic nitrogens is 7. The van der Waals surface area contributed by atoms with E-state index in [-0.39, 0.29) is 49.1 Å². The van der Waals surface area contributed by atoms with Crippen molar-refractivity contribution in [2.45, 2.75) is 26.6 Å². The summed E-state index contributed by atoms with van der Waals surface area (Å²) in [5.74, 6) is -0.0986. The lowest BCUT2D eigenvalue weighted by Crippen LogP contribution is -2.40. The minimum atomic E-state index is -0.366. The second kappa shape index (κ2) is 15.7. The predicted molar refractivity (Wildman–Crippen MR) is 205 cm³/mol. The highest BCUT2D eigenvalue weighted by molar-refractivity contribution is 6.15. The lowest BCUT2D eigenvalue weighted by molar-refractivity contribution is -0.129. The molecular weight excluding hydrogens is 703 g/mol. The smallest absolute Gasteiger partial charge is 0.278 e. The Hall–Kier alpha value is -7.43. The number of fused-ring (bicyclic) bond motifs is 1. The quantitative estimate of drug-likeness (QED) is 0.126. The third kappa shape index (κ3) is 8.46. The monoisotopic (exact) mass is 739 g/mol. The zero-order valence-corrected chi connectivity index (χ0v) is 30.2. The molecule has 0 unspecified atom stereocenters. The molecular formula is C38H37N13O4. The van der Waals surface area contributed by atoms with E-state index in [1.165, 1.54) is 11.2 Å². The van der Waals surface area contributed by atoms with Crippen LogP contribution in [0.25, 0.3) is 22.9 Å². The maximum absolute atomic E-state index is 13.0. The molecule has 1 aliphatic heterocycles. The summed E-state index contributed by atoms with van der Waals surface area (Å²) in [5.41, 5.74) is 12.4. The van der Waals surface area contributed by atoms with Gasteiger partial charge < -0.3 is 31.0 Å². The van der Waals surface area contributed by atoms with Crippen LogP contribution in [0.4, 0.5) is 11.6 Å². The number of H-pyrrole nitrogens is 1. The second-order valence-corrected chi connectivity index (χ2v) is 12.8. The molecule has 4 heterocycles. The predicted octanol–water partition coefficient (Wildman–Crippen LogP) is 3.01. The van der Waals surface area contributed by atoms with Gasteiger partial charge in [0.05, 0.1) is 24.8 Å². The molecule has 0 spiro atoms. The van der Waals surface area contributed by atoms with Crippen molar-refractivity contribution < 1.29 is 19.1 Å². The van der Waals surface area contributed by atoms with Crippen LogP contribution < -0.4 is 26.0 Å². The number of anilines is 2. The Labute approximate surface area is 315 Å². The van der Waals surface area contributed by atoms with Gasteiger partial charge >= 0.3 is 0 Å². The molecule has 1 aliphatic rings. The number of hydrogen-bond donors (Lipinski definition) is 4. The minimum Gasteiger partial charge on any atom is -0.471 e. The van der Waals surface area contributed by atoms with E-state index in [9.17, 15) is 14.4 Å². The standard InChI is InChI=1S/C38H37N13O4/c1-23-44-31(16-24-8-12-29(13-9-24)49(2)3)37(54)50(23)20-32(52)40-18-28-19-51(48-47-28)30-14-10-27(11-15-30)35(53)41-17-25-4-6-26(7-5-25)21-55-36-33-34(43-22-42-33)45-38(39)46-36/h4-16,19,22H,17-18,20-21H2,1-3H3,(H,40,52)(H,41,53)(H3,39,42,43,45,46)/b31-16-. The number of carbonyl (C=O) groups is 3. The van der Waals surface area contributed by atoms with E-state index in [2.05, 4.69) is 45.9 Å². The summed E-state index contributed by atoms with van der Waals surface area (Å²) in [5, 5.41) is 14.0. The third-order valence-electron chi connectivity index (χ3n) is 8.67. The number of nitrogens with two attached hydrogens (primary N) is 1. The van der Waals surface area contributed by atoms with Crippen molar-refractivity contribution in [3.05, 3.63) is 119 Å². The number of amides is 3. The van der Waals surface area contributed by atoms with Crippen molar-refractivity contribution >= 4 is 52.4 Å². The van der Waals surface area contributed by atoms with E-state index in [1.807, 2.05) is 67.5 Å². The number of nitrogens with zero attached hydrogens (tertiary/aromatic N) is 9. The molecule has 0 radical (unpaired) electrons. The first kappa shape index (κ1) is 36.0. The van der Waals surface area contributed by atoms with Crippen molar-refractivity contribution in [2.75, 3.05) is 31.3 Å². The van der Waals surface area contributed by atoms with Crippen LogP contribution in [0.3, 0.4) is 0 Å². The van der Waals surface area contributed by atoms with E-state index in [0.29, 0.717) is 46.4 Å². The molecule has 3 amide bonds. The first-order valence-corrected chi connectivity index (χ1v) is 17.2. The number of carbonyl (C=O) groups excluding carboxylic acids is 3. The molecule has 0 saturated heterocycles. The number of rotatable bonds is 13. The number of benzene rings is 3. The molecule has 0 bridgehead atoms. The number of imidazole rings is 1. The molecule has 6 aromatic rings. The molecule has 3 aromatic carbocycles. The van der Waals surface area contributed by atoms with Crippen molar-refractivity contribution in [3.63, 3.8) is 0 Å². The van der Waals surface area contributed by atoms with Crippen molar-refractivity contribution in [3.8, 4) is 11.6 Å². The SMILES string of the molecule is CC1=N/C(=C\c2ccc(N(C)C)cc2)C(=O)N1CC(=O)NCc1cn(-c2ccc(C(=O)NCc3ccc(COc4nc(N)nc5nc[nH]c45)cc3)cc2)nn1. The highest BCUT2D eigenvalue weighted by atomic mass is 16.5. The van der Waals surface area contributed by atoms with Gasteiger partial charge in [0.25, 0.3) is 11.8 Å². The third-order valence-corrected chi connectivity index (χ3v) is 8.67. The van der Waals surface area contributed by atoms with Gasteiger partial charge in [-0.25, -0.2) is 14.7 Å². The lowest BCUT2D eigenvalue weighted by atomic mass is 10.1. The zero-order chi connectivity index (χ0) is 38.5. The first-order valence-electron chi connectivity index (χ1n) is 17.2. The summed E-state index contributed by atoms with van der Waals surface area (Å²) in [4.78, 5) is 61.6. The molecule has 0 saturated carbocycles. The Bertz CT molecular complexity index is 2420. The van der Waals surface area contributed by atoms with Gasteiger partial charge in [0, 0.05) is 31.9 Å². The molecule has 0 atom stereocenters. The van der Waals surface area contributed by atoms with E-state index < -0.39 is 0 Å². The van der Waals surface area contributed by atoms with Crippen LogP contribution in [0.5, 0.6) is 5.88 Å². The average Bonchev–Trinajstić information content (AvgIpc) is 3.93. The number of amidine groups is 1. The van der Waals surface area contributed by atoms with E-state index >= 15 is 0 Å². The maximum atomic E-state index is 13.0. The summed E-state index contributed by atoms with van der Waals surface area (Å²) in [7, 11) is 3.91. The van der Waals surface area contributed by atoms with Gasteiger partial charge in [0.2, 0.25) is 17.7 Å². The van der Waals surface area contributed by atoms with Crippen molar-refractivity contribution in [1.82, 2.24) is 50.5 Å². The zero-order valence-electron chi connectivity index (χ0n) is 30.2. The maximum Gasteiger partial charge on any atom is 0.278 e. The fourth-order valence-corrected chi connectivity index (χ4v) is 5.65. The number of nitrogen functional groups attached to an aromatic ring is 1. The molecule has 0 aliphatic carbocycles. The molecule has 278 valence electrons. The number of ether oxygens (including phenoxy) is 1. The van der Waals surface area contributed by atoms with Crippen LogP contribution >= 0.6 is 0 Å². The molecule has 55 heavy (non-hydrogen) atoms. The largest absolute Gasteiger partial charge is 0.471 e. The van der Waals surface area contributed by atoms with Crippen LogP contribution in [0.2, 0.25) is 0 Å². The van der Waals surface area contributed by atoms with Gasteiger partial charge in [-0.15, -0.1) is 5.10 Å². The van der Waals surface area contributed by atoms with Gasteiger partial charge in [-0.3, -0.25) is 19.3 Å². The minimum absolute atomic E-state index is 0.0765. The Morgan fingerprint density at radius 2 is 1.69 bits per heavy atom. The van der Waals surface area contributed by atoms with Gasteiger partial charge in [-0.1, -0.05) is 41.6 Å². The van der Waals surface area contributed by atoms with Gasteiger partial charge in [0.15, 0.2) is 5.65 Å². The number of nitrogens with one attached hydrogen (secondary N) is 3. The Balaban J connectivity index is 0.858. The molecule has 17 heteroatoms. The van der Waals surface area contributed by atoms with Crippen molar-refractivity contribution in [1.29, 1.82) is 0 Å². The van der Waals surface area contributed by atoms with Gasteiger partial charge in [-0.2, -0.15) is 9.97 Å². The summed E-state index contributed by atoms with van der Waals surface area (Å²) in [6, 6.07) is 22.3. The summed E-state index contributed by atoms with van der Waals surface area (Å²) in [6.45, 7) is 2.21. The van der Waals surface area contributed by atoms with Crippen LogP contribution in [0.15, 0.2) is 96.0 Å². The topological polar surface area (TPSA) is 215 Å². The summed E-state index contributed by atoms with van der Waals surface area (Å²) in [6.07, 6.45) is 4.89. The number of hydrogen-bond acceptors (Lipinski definition) is 12. The van der Waals surface area contributed by atoms with E-state index in [4.69, 9.17) is 10.5 Å². The van der Waals surface area contributed by atoms with Crippen molar-refractivity contribution in [2.24, 2.45) is 4.99 Å². The molecule has 3 aromatic heterocycles. The highest BCUT2D eigenvalue weighted by Crippen LogP contribution is 2.22. The number of aromatic amines is 1. The second-order valence-electron chi connectivity index (χ2n) is 12.8. The Kier molecular flexibility index (Phi) is 10.2. The average molecular weight is 740 g/mol. The summed E-state index contributed by atoms with van der Waals surface area (Å²) < 4.78 is 7.39. The van der Waals surface area contributed by atoms with Crippen LogP contribution in [0.1, 0.15) is 39.7 Å².